The highest BCUT2D eigenvalue weighted by atomic mass is 35.5. The summed E-state index contributed by atoms with van der Waals surface area (Å²) in [6.07, 6.45) is 1.97. The number of hydrogen-bond donors (Lipinski definition) is 2. The number of aliphatic hydroxyl groups excluding tert-OH is 1. The Morgan fingerprint density at radius 2 is 2.13 bits per heavy atom. The maximum Gasteiger partial charge on any atom is 0.256 e. The van der Waals surface area contributed by atoms with Gasteiger partial charge in [-0.15, -0.1) is 0 Å². The molecular formula is C22H27ClN4O4. The maximum absolute atomic E-state index is 12.8. The van der Waals surface area contributed by atoms with E-state index < -0.39 is 18.1 Å². The molecule has 2 unspecified atom stereocenters. The quantitative estimate of drug-likeness (QED) is 0.608. The van der Waals surface area contributed by atoms with E-state index in [0.717, 1.165) is 12.0 Å². The fraction of sp³-hybridized carbons (Fsp3) is 0.409. The Hall–Kier alpha value is -2.68. The number of carbonyl (C=O) groups excluding carboxylic acids is 2. The monoisotopic (exact) mass is 446 g/mol. The number of likely N-dealkylation sites (tertiary alicyclic amines) is 1. The molecule has 1 aliphatic heterocycles. The Labute approximate surface area is 186 Å². The molecule has 9 heteroatoms. The first kappa shape index (κ1) is 23.0. The van der Waals surface area contributed by atoms with Gasteiger partial charge in [0.15, 0.2) is 0 Å². The van der Waals surface area contributed by atoms with E-state index in [1.165, 1.54) is 17.2 Å². The molecule has 0 spiro atoms. The van der Waals surface area contributed by atoms with Gasteiger partial charge in [0.25, 0.3) is 5.91 Å². The second-order valence-electron chi connectivity index (χ2n) is 7.62. The molecule has 166 valence electrons. The van der Waals surface area contributed by atoms with Gasteiger partial charge in [-0.2, -0.15) is 0 Å². The first-order valence-electron chi connectivity index (χ1n) is 10.1. The topological polar surface area (TPSA) is 109 Å². The van der Waals surface area contributed by atoms with E-state index in [9.17, 15) is 14.7 Å². The van der Waals surface area contributed by atoms with E-state index in [4.69, 9.17) is 22.1 Å². The van der Waals surface area contributed by atoms with Crippen molar-refractivity contribution in [2.24, 2.45) is 5.73 Å². The Balaban J connectivity index is 1.56. The number of halogens is 1. The van der Waals surface area contributed by atoms with Crippen LogP contribution in [0.15, 0.2) is 42.6 Å². The maximum atomic E-state index is 12.8. The summed E-state index contributed by atoms with van der Waals surface area (Å²) in [4.78, 5) is 31.8. The number of aliphatic hydroxyl groups is 1. The van der Waals surface area contributed by atoms with Crippen LogP contribution in [0, 0.1) is 0 Å². The van der Waals surface area contributed by atoms with Gasteiger partial charge in [-0.1, -0.05) is 41.9 Å². The molecule has 1 aromatic heterocycles. The third-order valence-electron chi connectivity index (χ3n) is 5.18. The summed E-state index contributed by atoms with van der Waals surface area (Å²) >= 11 is 6.36. The molecule has 1 saturated heterocycles. The third kappa shape index (κ3) is 5.94. The molecule has 2 amide bonds. The fourth-order valence-corrected chi connectivity index (χ4v) is 3.95. The van der Waals surface area contributed by atoms with E-state index in [1.54, 1.807) is 11.9 Å². The highest BCUT2D eigenvalue weighted by Gasteiger charge is 2.33. The summed E-state index contributed by atoms with van der Waals surface area (Å²) < 4.78 is 5.57. The van der Waals surface area contributed by atoms with Crippen LogP contribution in [-0.4, -0.2) is 65.7 Å². The van der Waals surface area contributed by atoms with Gasteiger partial charge in [-0.05, 0) is 24.5 Å². The van der Waals surface area contributed by atoms with Gasteiger partial charge in [0.05, 0.1) is 29.9 Å². The van der Waals surface area contributed by atoms with Crippen LogP contribution >= 0.6 is 11.6 Å². The molecule has 0 aliphatic carbocycles. The summed E-state index contributed by atoms with van der Waals surface area (Å²) in [6, 6.07) is 10.6. The number of hydrogen-bond acceptors (Lipinski definition) is 6. The van der Waals surface area contributed by atoms with Crippen LogP contribution in [0.1, 0.15) is 28.8 Å². The van der Waals surface area contributed by atoms with Gasteiger partial charge in [-0.3, -0.25) is 9.59 Å². The van der Waals surface area contributed by atoms with Crippen LogP contribution in [-0.2, 0) is 16.1 Å². The SMILES string of the molecule is CN(CC(O)COCc1ccccc1)c1ncc(C(=O)N2CCCC2C(N)=O)cc1Cl. The van der Waals surface area contributed by atoms with Gasteiger partial charge in [0, 0.05) is 26.3 Å². The standard InChI is InChI=1S/C22H27ClN4O4/c1-26(12-17(28)14-31-13-15-6-3-2-4-7-15)21-18(23)10-16(11-25-21)22(30)27-9-5-8-19(27)20(24)29/h2-4,6-7,10-11,17,19,28H,5,8-9,12-14H2,1H3,(H2,24,29). The number of nitrogens with two attached hydrogens (primary N) is 1. The van der Waals surface area contributed by atoms with Crippen molar-refractivity contribution >= 4 is 29.2 Å². The minimum absolute atomic E-state index is 0.164. The molecule has 8 nitrogen and oxygen atoms in total. The molecule has 0 radical (unpaired) electrons. The Kier molecular flexibility index (Phi) is 7.84. The molecule has 1 fully saturated rings. The van der Waals surface area contributed by atoms with Crippen molar-refractivity contribution in [3.05, 3.63) is 58.7 Å². The molecule has 1 aliphatic rings. The lowest BCUT2D eigenvalue weighted by atomic mass is 10.2. The second kappa shape index (κ2) is 10.6. The summed E-state index contributed by atoms with van der Waals surface area (Å²) in [6.45, 7) is 1.31. The van der Waals surface area contributed by atoms with Crippen molar-refractivity contribution < 1.29 is 19.4 Å². The van der Waals surface area contributed by atoms with E-state index in [2.05, 4.69) is 4.98 Å². The van der Waals surface area contributed by atoms with Gasteiger partial charge in [0.2, 0.25) is 5.91 Å². The number of ether oxygens (including phenoxy) is 1. The first-order valence-corrected chi connectivity index (χ1v) is 10.5. The largest absolute Gasteiger partial charge is 0.389 e. The van der Waals surface area contributed by atoms with Gasteiger partial charge >= 0.3 is 0 Å². The Morgan fingerprint density at radius 3 is 2.81 bits per heavy atom. The number of rotatable bonds is 9. The summed E-state index contributed by atoms with van der Waals surface area (Å²) in [5, 5.41) is 10.6. The average molecular weight is 447 g/mol. The van der Waals surface area contributed by atoms with Crippen molar-refractivity contribution in [3.8, 4) is 0 Å². The molecular weight excluding hydrogens is 420 g/mol. The van der Waals surface area contributed by atoms with Crippen molar-refractivity contribution in [3.63, 3.8) is 0 Å². The molecule has 3 rings (SSSR count). The van der Waals surface area contributed by atoms with Crippen LogP contribution in [0.25, 0.3) is 0 Å². The minimum atomic E-state index is -0.742. The van der Waals surface area contributed by atoms with Crippen molar-refractivity contribution in [2.75, 3.05) is 31.6 Å². The Bertz CT molecular complexity index is 912. The van der Waals surface area contributed by atoms with Crippen molar-refractivity contribution in [2.45, 2.75) is 31.6 Å². The number of pyridine rings is 1. The minimum Gasteiger partial charge on any atom is -0.389 e. The lowest BCUT2D eigenvalue weighted by Crippen LogP contribution is -2.43. The summed E-state index contributed by atoms with van der Waals surface area (Å²) in [7, 11) is 1.75. The lowest BCUT2D eigenvalue weighted by Gasteiger charge is -2.24. The number of nitrogens with zero attached hydrogens (tertiary/aromatic N) is 3. The van der Waals surface area contributed by atoms with Crippen molar-refractivity contribution in [1.82, 2.24) is 9.88 Å². The Morgan fingerprint density at radius 1 is 1.39 bits per heavy atom. The summed E-state index contributed by atoms with van der Waals surface area (Å²) in [5.41, 5.74) is 6.72. The highest BCUT2D eigenvalue weighted by Crippen LogP contribution is 2.26. The number of benzene rings is 1. The molecule has 2 atom stereocenters. The van der Waals surface area contributed by atoms with Crippen LogP contribution < -0.4 is 10.6 Å². The zero-order valence-corrected chi connectivity index (χ0v) is 18.2. The predicted octanol–water partition coefficient (Wildman–Crippen LogP) is 1.84. The molecule has 2 aromatic rings. The molecule has 0 bridgehead atoms. The van der Waals surface area contributed by atoms with Crippen LogP contribution in [0.5, 0.6) is 0 Å². The molecule has 1 aromatic carbocycles. The lowest BCUT2D eigenvalue weighted by molar-refractivity contribution is -0.121. The number of primary amides is 1. The number of amides is 2. The van der Waals surface area contributed by atoms with E-state index in [0.29, 0.717) is 31.0 Å². The number of anilines is 1. The van der Waals surface area contributed by atoms with Crippen molar-refractivity contribution in [1.29, 1.82) is 0 Å². The van der Waals surface area contributed by atoms with Crippen LogP contribution in [0.4, 0.5) is 5.82 Å². The van der Waals surface area contributed by atoms with E-state index >= 15 is 0 Å². The van der Waals surface area contributed by atoms with Crippen LogP contribution in [0.3, 0.4) is 0 Å². The molecule has 3 N–H and O–H groups in total. The van der Waals surface area contributed by atoms with E-state index in [-0.39, 0.29) is 24.1 Å². The number of carbonyl (C=O) groups is 2. The number of likely N-dealkylation sites (N-methyl/N-ethyl adjacent to an activating group) is 1. The smallest absolute Gasteiger partial charge is 0.256 e. The summed E-state index contributed by atoms with van der Waals surface area (Å²) in [5.74, 6) is -0.392. The molecule has 2 heterocycles. The van der Waals surface area contributed by atoms with E-state index in [1.807, 2.05) is 30.3 Å². The second-order valence-corrected chi connectivity index (χ2v) is 8.03. The zero-order valence-electron chi connectivity index (χ0n) is 17.4. The van der Waals surface area contributed by atoms with Gasteiger partial charge in [0.1, 0.15) is 11.9 Å². The van der Waals surface area contributed by atoms with Gasteiger partial charge in [-0.25, -0.2) is 4.98 Å². The molecule has 31 heavy (non-hydrogen) atoms. The zero-order chi connectivity index (χ0) is 22.4. The fourth-order valence-electron chi connectivity index (χ4n) is 3.64. The first-order chi connectivity index (χ1) is 14.9. The highest BCUT2D eigenvalue weighted by molar-refractivity contribution is 6.33. The predicted molar refractivity (Wildman–Crippen MR) is 118 cm³/mol. The van der Waals surface area contributed by atoms with Crippen LogP contribution in [0.2, 0.25) is 5.02 Å². The normalized spacial score (nSPS) is 16.9. The van der Waals surface area contributed by atoms with Gasteiger partial charge < -0.3 is 25.4 Å². The molecule has 0 saturated carbocycles. The average Bonchev–Trinajstić information content (AvgIpc) is 3.24. The number of aromatic nitrogens is 1. The third-order valence-corrected chi connectivity index (χ3v) is 5.46.